The van der Waals surface area contributed by atoms with Crippen LogP contribution in [0.1, 0.15) is 25.3 Å². The first-order valence-electron chi connectivity index (χ1n) is 6.39. The Balaban J connectivity index is 2.40. The fourth-order valence-electron chi connectivity index (χ4n) is 1.89. The number of nitrogens with one attached hydrogen (secondary N) is 1. The minimum absolute atomic E-state index is 0.157. The van der Waals surface area contributed by atoms with Crippen LogP contribution in [0.15, 0.2) is 29.0 Å². The standard InChI is InChI=1S/C14H17BrN4O2/c1-8(2)12-13(19-16)17-7-18-14(12)21-11-5-4-9(20-3)6-10(11)15/h4-8H,16H2,1-3H3,(H,17,18,19). The van der Waals surface area contributed by atoms with Gasteiger partial charge in [0, 0.05) is 0 Å². The van der Waals surface area contributed by atoms with E-state index in [4.69, 9.17) is 15.3 Å². The lowest BCUT2D eigenvalue weighted by Gasteiger charge is -2.16. The Morgan fingerprint density at radius 3 is 2.62 bits per heavy atom. The number of hydrogen-bond acceptors (Lipinski definition) is 6. The first-order valence-corrected chi connectivity index (χ1v) is 7.19. The van der Waals surface area contributed by atoms with E-state index in [1.165, 1.54) is 6.33 Å². The number of methoxy groups -OCH3 is 1. The molecule has 112 valence electrons. The average molecular weight is 353 g/mol. The average Bonchev–Trinajstić information content (AvgIpc) is 2.48. The molecule has 7 heteroatoms. The number of hydrogen-bond donors (Lipinski definition) is 2. The fraction of sp³-hybridized carbons (Fsp3) is 0.286. The van der Waals surface area contributed by atoms with Crippen molar-refractivity contribution in [2.24, 2.45) is 5.84 Å². The number of nitrogens with zero attached hydrogens (tertiary/aromatic N) is 2. The van der Waals surface area contributed by atoms with Gasteiger partial charge in [-0.15, -0.1) is 0 Å². The number of nitrogens with two attached hydrogens (primary N) is 1. The van der Waals surface area contributed by atoms with E-state index >= 15 is 0 Å². The van der Waals surface area contributed by atoms with Crippen molar-refractivity contribution in [3.05, 3.63) is 34.6 Å². The molecule has 0 bridgehead atoms. The van der Waals surface area contributed by atoms with Crippen molar-refractivity contribution < 1.29 is 9.47 Å². The van der Waals surface area contributed by atoms with Gasteiger partial charge in [0.25, 0.3) is 0 Å². The number of nitrogen functional groups attached to an aromatic ring is 1. The topological polar surface area (TPSA) is 82.3 Å². The molecule has 0 amide bonds. The zero-order chi connectivity index (χ0) is 15.4. The van der Waals surface area contributed by atoms with Crippen LogP contribution < -0.4 is 20.7 Å². The Hall–Kier alpha value is -1.86. The Morgan fingerprint density at radius 1 is 1.29 bits per heavy atom. The van der Waals surface area contributed by atoms with Gasteiger partial charge >= 0.3 is 0 Å². The molecule has 1 aromatic heterocycles. The van der Waals surface area contributed by atoms with Crippen molar-refractivity contribution in [1.29, 1.82) is 0 Å². The van der Waals surface area contributed by atoms with Crippen LogP contribution >= 0.6 is 15.9 Å². The summed E-state index contributed by atoms with van der Waals surface area (Å²) in [4.78, 5) is 8.32. The van der Waals surface area contributed by atoms with Gasteiger partial charge in [-0.05, 0) is 40.0 Å². The minimum atomic E-state index is 0.157. The van der Waals surface area contributed by atoms with E-state index in [-0.39, 0.29) is 5.92 Å². The zero-order valence-corrected chi connectivity index (χ0v) is 13.6. The normalized spacial score (nSPS) is 10.6. The highest BCUT2D eigenvalue weighted by molar-refractivity contribution is 9.10. The quantitative estimate of drug-likeness (QED) is 0.633. The van der Waals surface area contributed by atoms with Gasteiger partial charge in [-0.25, -0.2) is 15.8 Å². The molecule has 0 aliphatic carbocycles. The second-order valence-electron chi connectivity index (χ2n) is 4.64. The maximum absolute atomic E-state index is 5.89. The molecule has 2 rings (SSSR count). The molecule has 0 fully saturated rings. The van der Waals surface area contributed by atoms with Crippen LogP contribution in [-0.2, 0) is 0 Å². The zero-order valence-electron chi connectivity index (χ0n) is 12.1. The maximum Gasteiger partial charge on any atom is 0.227 e. The molecule has 0 saturated heterocycles. The minimum Gasteiger partial charge on any atom is -0.497 e. The SMILES string of the molecule is COc1ccc(Oc2ncnc(NN)c2C(C)C)c(Br)c1. The smallest absolute Gasteiger partial charge is 0.227 e. The van der Waals surface area contributed by atoms with Gasteiger partial charge in [-0.3, -0.25) is 0 Å². The fourth-order valence-corrected chi connectivity index (χ4v) is 2.33. The molecule has 0 radical (unpaired) electrons. The predicted molar refractivity (Wildman–Crippen MR) is 84.7 cm³/mol. The largest absolute Gasteiger partial charge is 0.497 e. The summed E-state index contributed by atoms with van der Waals surface area (Å²) in [5.41, 5.74) is 3.40. The van der Waals surface area contributed by atoms with Gasteiger partial charge in [-0.2, -0.15) is 0 Å². The Kier molecular flexibility index (Phi) is 4.98. The summed E-state index contributed by atoms with van der Waals surface area (Å²) in [5.74, 6) is 8.06. The number of halogens is 1. The monoisotopic (exact) mass is 352 g/mol. The van der Waals surface area contributed by atoms with Crippen molar-refractivity contribution in [3.8, 4) is 17.4 Å². The molecule has 0 spiro atoms. The van der Waals surface area contributed by atoms with Crippen molar-refractivity contribution in [2.75, 3.05) is 12.5 Å². The van der Waals surface area contributed by atoms with Gasteiger partial charge < -0.3 is 14.9 Å². The van der Waals surface area contributed by atoms with Gasteiger partial charge in [0.05, 0.1) is 17.1 Å². The maximum atomic E-state index is 5.89. The van der Waals surface area contributed by atoms with Crippen LogP contribution in [0.25, 0.3) is 0 Å². The Morgan fingerprint density at radius 2 is 2.05 bits per heavy atom. The van der Waals surface area contributed by atoms with Gasteiger partial charge in [0.15, 0.2) is 5.82 Å². The van der Waals surface area contributed by atoms with Gasteiger partial charge in [0.2, 0.25) is 5.88 Å². The van der Waals surface area contributed by atoms with Gasteiger partial charge in [-0.1, -0.05) is 13.8 Å². The number of anilines is 1. The van der Waals surface area contributed by atoms with E-state index in [0.717, 1.165) is 15.8 Å². The lowest BCUT2D eigenvalue weighted by Crippen LogP contribution is -2.13. The van der Waals surface area contributed by atoms with E-state index in [1.807, 2.05) is 32.0 Å². The number of ether oxygens (including phenoxy) is 2. The summed E-state index contributed by atoms with van der Waals surface area (Å²) in [7, 11) is 1.61. The molecule has 0 saturated carbocycles. The second kappa shape index (κ2) is 6.73. The molecule has 0 atom stereocenters. The van der Waals surface area contributed by atoms with Crippen LogP contribution in [0.4, 0.5) is 5.82 Å². The van der Waals surface area contributed by atoms with E-state index in [9.17, 15) is 0 Å². The second-order valence-corrected chi connectivity index (χ2v) is 5.49. The highest BCUT2D eigenvalue weighted by Crippen LogP contribution is 2.36. The first-order chi connectivity index (χ1) is 10.1. The third-order valence-electron chi connectivity index (χ3n) is 2.91. The Bertz CT molecular complexity index is 634. The number of hydrazine groups is 1. The number of rotatable bonds is 5. The lowest BCUT2D eigenvalue weighted by atomic mass is 10.1. The number of aromatic nitrogens is 2. The van der Waals surface area contributed by atoms with E-state index in [1.54, 1.807) is 7.11 Å². The van der Waals surface area contributed by atoms with Crippen molar-refractivity contribution in [2.45, 2.75) is 19.8 Å². The molecule has 2 aromatic rings. The first kappa shape index (κ1) is 15.5. The predicted octanol–water partition coefficient (Wildman–Crippen LogP) is 3.45. The number of benzene rings is 1. The molecule has 1 heterocycles. The summed E-state index contributed by atoms with van der Waals surface area (Å²) in [6.07, 6.45) is 1.41. The van der Waals surface area contributed by atoms with Crippen molar-refractivity contribution in [1.82, 2.24) is 9.97 Å². The molecule has 0 aliphatic heterocycles. The van der Waals surface area contributed by atoms with Crippen LogP contribution in [0.2, 0.25) is 0 Å². The van der Waals surface area contributed by atoms with E-state index in [0.29, 0.717) is 17.4 Å². The molecular formula is C14H17BrN4O2. The molecule has 0 aliphatic rings. The summed E-state index contributed by atoms with van der Waals surface area (Å²) < 4.78 is 11.8. The summed E-state index contributed by atoms with van der Waals surface area (Å²) in [5, 5.41) is 0. The van der Waals surface area contributed by atoms with Crippen LogP contribution in [-0.4, -0.2) is 17.1 Å². The summed E-state index contributed by atoms with van der Waals surface area (Å²) in [6, 6.07) is 5.46. The van der Waals surface area contributed by atoms with Crippen LogP contribution in [0.5, 0.6) is 17.4 Å². The van der Waals surface area contributed by atoms with Crippen molar-refractivity contribution in [3.63, 3.8) is 0 Å². The van der Waals surface area contributed by atoms with Gasteiger partial charge in [0.1, 0.15) is 17.8 Å². The molecule has 3 N–H and O–H groups in total. The molecule has 0 unspecified atom stereocenters. The molecule has 21 heavy (non-hydrogen) atoms. The van der Waals surface area contributed by atoms with Crippen LogP contribution in [0.3, 0.4) is 0 Å². The summed E-state index contributed by atoms with van der Waals surface area (Å²) >= 11 is 3.45. The third-order valence-corrected chi connectivity index (χ3v) is 3.53. The van der Waals surface area contributed by atoms with Crippen molar-refractivity contribution >= 4 is 21.7 Å². The molecule has 1 aromatic carbocycles. The van der Waals surface area contributed by atoms with E-state index < -0.39 is 0 Å². The lowest BCUT2D eigenvalue weighted by molar-refractivity contribution is 0.410. The van der Waals surface area contributed by atoms with E-state index in [2.05, 4.69) is 31.3 Å². The molecular weight excluding hydrogens is 336 g/mol. The third kappa shape index (κ3) is 3.43. The Labute approximate surface area is 131 Å². The highest BCUT2D eigenvalue weighted by atomic mass is 79.9. The summed E-state index contributed by atoms with van der Waals surface area (Å²) in [6.45, 7) is 4.05. The van der Waals surface area contributed by atoms with Crippen LogP contribution in [0, 0.1) is 0 Å². The highest BCUT2D eigenvalue weighted by Gasteiger charge is 2.17. The molecule has 6 nitrogen and oxygen atoms in total.